The van der Waals surface area contributed by atoms with Crippen LogP contribution >= 0.6 is 0 Å². The van der Waals surface area contributed by atoms with Crippen LogP contribution in [0.1, 0.15) is 12.8 Å². The van der Waals surface area contributed by atoms with Gasteiger partial charge in [-0.3, -0.25) is 0 Å². The van der Waals surface area contributed by atoms with Gasteiger partial charge in [-0.15, -0.1) is 0 Å². The van der Waals surface area contributed by atoms with Crippen molar-refractivity contribution in [2.45, 2.75) is 12.8 Å². The molecule has 0 saturated heterocycles. The first-order valence-electron chi connectivity index (χ1n) is 3.03. The molecule has 1 aliphatic carbocycles. The van der Waals surface area contributed by atoms with E-state index in [9.17, 15) is 0 Å². The molecular formula is C4H8O7. The summed E-state index contributed by atoms with van der Waals surface area (Å²) in [6.07, 6.45) is 2.28. The lowest BCUT2D eigenvalue weighted by Crippen LogP contribution is -2.01. The van der Waals surface area contributed by atoms with Gasteiger partial charge in [0.1, 0.15) is 0 Å². The highest BCUT2D eigenvalue weighted by molar-refractivity contribution is 4.71. The molecule has 1 N–H and O–H groups in total. The maximum absolute atomic E-state index is 7.50. The minimum Gasteiger partial charge on any atom is -0.219 e. The predicted octanol–water partition coefficient (Wildman–Crippen LogP) is 0.544. The molecular weight excluding hydrogens is 160 g/mol. The third-order valence-corrected chi connectivity index (χ3v) is 1.16. The molecule has 0 bridgehead atoms. The molecule has 0 atom stereocenters. The standard InChI is InChI=1S/C4H8O7/c5-7-9-11-10-8-6-3-4-1-2-4/h4-5H,1-3H2. The molecule has 0 spiro atoms. The van der Waals surface area contributed by atoms with Gasteiger partial charge in [-0.05, 0) is 44.0 Å². The minimum absolute atomic E-state index is 0.448. The number of rotatable bonds is 7. The third kappa shape index (κ3) is 5.04. The van der Waals surface area contributed by atoms with E-state index in [-0.39, 0.29) is 0 Å². The lowest BCUT2D eigenvalue weighted by atomic mass is 10.5. The van der Waals surface area contributed by atoms with Crippen molar-refractivity contribution in [3.8, 4) is 0 Å². The fourth-order valence-electron chi connectivity index (χ4n) is 0.463. The second kappa shape index (κ2) is 5.38. The van der Waals surface area contributed by atoms with E-state index in [2.05, 4.69) is 30.1 Å². The van der Waals surface area contributed by atoms with Crippen molar-refractivity contribution in [3.63, 3.8) is 0 Å². The van der Waals surface area contributed by atoms with Crippen molar-refractivity contribution in [3.05, 3.63) is 0 Å². The van der Waals surface area contributed by atoms with Crippen molar-refractivity contribution in [2.75, 3.05) is 6.61 Å². The Kier molecular flexibility index (Phi) is 4.31. The van der Waals surface area contributed by atoms with Crippen LogP contribution in [0.4, 0.5) is 0 Å². The normalized spacial score (nSPS) is 17.2. The van der Waals surface area contributed by atoms with Crippen molar-refractivity contribution >= 4 is 0 Å². The SMILES string of the molecule is OOOOOOOCC1CC1. The summed E-state index contributed by atoms with van der Waals surface area (Å²) in [5.41, 5.74) is 0. The Bertz CT molecular complexity index is 92.4. The Labute approximate surface area is 61.9 Å². The molecule has 0 unspecified atom stereocenters. The summed E-state index contributed by atoms with van der Waals surface area (Å²) in [6, 6.07) is 0. The van der Waals surface area contributed by atoms with Gasteiger partial charge < -0.3 is 0 Å². The topological polar surface area (TPSA) is 75.6 Å². The summed E-state index contributed by atoms with van der Waals surface area (Å²) in [5, 5.41) is 25.1. The van der Waals surface area contributed by atoms with Crippen LogP contribution in [0.3, 0.4) is 0 Å². The molecule has 66 valence electrons. The van der Waals surface area contributed by atoms with Crippen LogP contribution in [-0.4, -0.2) is 11.9 Å². The summed E-state index contributed by atoms with van der Waals surface area (Å²) >= 11 is 0. The minimum atomic E-state index is 0.448. The van der Waals surface area contributed by atoms with Gasteiger partial charge in [0.15, 0.2) is 0 Å². The molecule has 0 radical (unpaired) electrons. The van der Waals surface area contributed by atoms with Gasteiger partial charge in [-0.1, -0.05) is 0 Å². The van der Waals surface area contributed by atoms with Gasteiger partial charge in [0.05, 0.1) is 6.61 Å². The van der Waals surface area contributed by atoms with Crippen LogP contribution in [0.5, 0.6) is 0 Å². The van der Waals surface area contributed by atoms with E-state index in [1.807, 2.05) is 0 Å². The Hall–Kier alpha value is -0.280. The second-order valence-corrected chi connectivity index (χ2v) is 2.07. The monoisotopic (exact) mass is 168 g/mol. The number of hydrogen-bond donors (Lipinski definition) is 1. The Morgan fingerprint density at radius 1 is 1.09 bits per heavy atom. The molecule has 7 heteroatoms. The first kappa shape index (κ1) is 8.81. The largest absolute Gasteiger partial charge is 0.219 e. The molecule has 0 aromatic heterocycles. The molecule has 0 aromatic carbocycles. The maximum Gasteiger partial charge on any atom is 0.0883 e. The Morgan fingerprint density at radius 3 is 2.45 bits per heavy atom. The Balaban J connectivity index is 1.66. The van der Waals surface area contributed by atoms with E-state index in [1.165, 1.54) is 0 Å². The van der Waals surface area contributed by atoms with Crippen LogP contribution < -0.4 is 0 Å². The highest BCUT2D eigenvalue weighted by Crippen LogP contribution is 2.28. The highest BCUT2D eigenvalue weighted by Gasteiger charge is 2.21. The predicted molar refractivity (Wildman–Crippen MR) is 26.7 cm³/mol. The molecule has 0 heterocycles. The molecule has 1 aliphatic rings. The van der Waals surface area contributed by atoms with Gasteiger partial charge in [-0.2, -0.15) is 0 Å². The van der Waals surface area contributed by atoms with Crippen molar-refractivity contribution < 1.29 is 35.3 Å². The van der Waals surface area contributed by atoms with E-state index in [0.29, 0.717) is 12.5 Å². The molecule has 11 heavy (non-hydrogen) atoms. The summed E-state index contributed by atoms with van der Waals surface area (Å²) < 4.78 is 0. The van der Waals surface area contributed by atoms with E-state index < -0.39 is 0 Å². The fourth-order valence-corrected chi connectivity index (χ4v) is 0.463. The summed E-state index contributed by atoms with van der Waals surface area (Å²) in [5.74, 6) is 0.550. The zero-order valence-electron chi connectivity index (χ0n) is 5.60. The fraction of sp³-hybridized carbons (Fsp3) is 1.00. The molecule has 0 aliphatic heterocycles. The van der Waals surface area contributed by atoms with Crippen LogP contribution in [0.2, 0.25) is 0 Å². The smallest absolute Gasteiger partial charge is 0.0883 e. The van der Waals surface area contributed by atoms with E-state index >= 15 is 0 Å². The third-order valence-electron chi connectivity index (χ3n) is 1.16. The molecule has 7 nitrogen and oxygen atoms in total. The average molecular weight is 168 g/mol. The quantitative estimate of drug-likeness (QED) is 0.337. The van der Waals surface area contributed by atoms with Crippen molar-refractivity contribution in [1.82, 2.24) is 0 Å². The van der Waals surface area contributed by atoms with Gasteiger partial charge in [0, 0.05) is 0 Å². The van der Waals surface area contributed by atoms with E-state index in [4.69, 9.17) is 5.26 Å². The zero-order valence-corrected chi connectivity index (χ0v) is 5.60. The summed E-state index contributed by atoms with van der Waals surface area (Å²) in [7, 11) is 0. The lowest BCUT2D eigenvalue weighted by molar-refractivity contribution is -0.787. The molecule has 0 aromatic rings. The van der Waals surface area contributed by atoms with E-state index in [1.54, 1.807) is 0 Å². The summed E-state index contributed by atoms with van der Waals surface area (Å²) in [4.78, 5) is 4.44. The van der Waals surface area contributed by atoms with Gasteiger partial charge in [0.25, 0.3) is 0 Å². The summed E-state index contributed by atoms with van der Waals surface area (Å²) in [6.45, 7) is 0.448. The maximum atomic E-state index is 7.50. The van der Waals surface area contributed by atoms with E-state index in [0.717, 1.165) is 12.8 Å². The van der Waals surface area contributed by atoms with Gasteiger partial charge >= 0.3 is 0 Å². The van der Waals surface area contributed by atoms with Crippen molar-refractivity contribution in [1.29, 1.82) is 0 Å². The van der Waals surface area contributed by atoms with Crippen LogP contribution in [0, 0.1) is 5.92 Å². The lowest BCUT2D eigenvalue weighted by Gasteiger charge is -1.97. The molecule has 1 fully saturated rings. The molecule has 1 saturated carbocycles. The molecule has 0 amide bonds. The van der Waals surface area contributed by atoms with Gasteiger partial charge in [0.2, 0.25) is 0 Å². The van der Waals surface area contributed by atoms with Crippen molar-refractivity contribution in [2.24, 2.45) is 5.92 Å². The first-order chi connectivity index (χ1) is 5.43. The second-order valence-electron chi connectivity index (χ2n) is 2.07. The van der Waals surface area contributed by atoms with Gasteiger partial charge in [-0.25, -0.2) is 10.1 Å². The van der Waals surface area contributed by atoms with Crippen LogP contribution in [0.25, 0.3) is 0 Å². The van der Waals surface area contributed by atoms with Crippen LogP contribution in [0.15, 0.2) is 0 Å². The highest BCUT2D eigenvalue weighted by atomic mass is 17.9. The Morgan fingerprint density at radius 2 is 1.82 bits per heavy atom. The van der Waals surface area contributed by atoms with Crippen LogP contribution in [-0.2, 0) is 30.1 Å². The number of hydrogen-bond acceptors (Lipinski definition) is 7. The molecule has 1 rings (SSSR count). The zero-order chi connectivity index (χ0) is 7.94. The first-order valence-corrected chi connectivity index (χ1v) is 3.03. The average Bonchev–Trinajstić information content (AvgIpc) is 2.80.